The number of benzene rings is 1. The van der Waals surface area contributed by atoms with Crippen LogP contribution >= 0.6 is 0 Å². The van der Waals surface area contributed by atoms with Crippen LogP contribution in [0.15, 0.2) is 48.5 Å². The molecule has 1 aromatic carbocycles. The number of aliphatic hydroxyl groups is 1. The third kappa shape index (κ3) is 3.55. The third-order valence-electron chi connectivity index (χ3n) is 5.76. The van der Waals surface area contributed by atoms with E-state index in [1.54, 1.807) is 6.07 Å². The summed E-state index contributed by atoms with van der Waals surface area (Å²) in [4.78, 5) is 20.7. The Morgan fingerprint density at radius 2 is 2.04 bits per heavy atom. The van der Waals surface area contributed by atoms with E-state index in [2.05, 4.69) is 39.0 Å². The lowest BCUT2D eigenvalue weighted by Gasteiger charge is -2.27. The van der Waals surface area contributed by atoms with Crippen molar-refractivity contribution in [3.05, 3.63) is 59.8 Å². The summed E-state index contributed by atoms with van der Waals surface area (Å²) in [7, 11) is 1.36. The molecule has 6 nitrogen and oxygen atoms in total. The molecule has 0 aliphatic carbocycles. The average Bonchev–Trinajstić information content (AvgIpc) is 3.26. The fourth-order valence-electron chi connectivity index (χ4n) is 4.33. The number of rotatable bonds is 4. The van der Waals surface area contributed by atoms with Gasteiger partial charge < -0.3 is 14.7 Å². The van der Waals surface area contributed by atoms with Gasteiger partial charge in [-0.15, -0.1) is 0 Å². The Kier molecular flexibility index (Phi) is 4.85. The predicted octanol–water partition coefficient (Wildman–Crippen LogP) is 1.94. The molecule has 3 heterocycles. The Balaban J connectivity index is 1.46. The van der Waals surface area contributed by atoms with E-state index < -0.39 is 5.97 Å². The van der Waals surface area contributed by atoms with Crippen molar-refractivity contribution in [2.75, 3.05) is 38.2 Å². The van der Waals surface area contributed by atoms with Crippen LogP contribution in [0.3, 0.4) is 0 Å². The molecule has 1 spiro atoms. The normalized spacial score (nSPS) is 25.3. The van der Waals surface area contributed by atoms with Crippen molar-refractivity contribution in [3.63, 3.8) is 0 Å². The number of carbonyl (C=O) groups is 1. The van der Waals surface area contributed by atoms with Gasteiger partial charge in [-0.1, -0.05) is 36.4 Å². The second kappa shape index (κ2) is 7.29. The summed E-state index contributed by atoms with van der Waals surface area (Å²) in [6, 6.07) is 15.8. The van der Waals surface area contributed by atoms with Gasteiger partial charge in [0.2, 0.25) is 0 Å². The highest BCUT2D eigenvalue weighted by Crippen LogP contribution is 2.41. The third-order valence-corrected chi connectivity index (χ3v) is 5.76. The minimum Gasteiger partial charge on any atom is -0.464 e. The molecule has 142 valence electrons. The molecule has 0 amide bonds. The quantitative estimate of drug-likeness (QED) is 0.833. The SMILES string of the molecule is COC(=O)c1cccc(N2CCC3(CN(Cc4ccccc4)CC3O)C2)n1. The molecule has 6 heteroatoms. The van der Waals surface area contributed by atoms with E-state index in [4.69, 9.17) is 4.74 Å². The summed E-state index contributed by atoms with van der Waals surface area (Å²) in [5.41, 5.74) is 1.44. The van der Waals surface area contributed by atoms with E-state index in [9.17, 15) is 9.90 Å². The molecule has 0 saturated carbocycles. The zero-order chi connectivity index (χ0) is 18.9. The Morgan fingerprint density at radius 1 is 1.22 bits per heavy atom. The van der Waals surface area contributed by atoms with Crippen LogP contribution in [-0.4, -0.2) is 60.4 Å². The Bertz CT molecular complexity index is 813. The lowest BCUT2D eigenvalue weighted by molar-refractivity contribution is 0.0594. The van der Waals surface area contributed by atoms with Gasteiger partial charge >= 0.3 is 5.97 Å². The number of pyridine rings is 1. The highest BCUT2D eigenvalue weighted by atomic mass is 16.5. The molecular formula is C21H25N3O3. The first-order valence-corrected chi connectivity index (χ1v) is 9.34. The van der Waals surface area contributed by atoms with Crippen molar-refractivity contribution >= 4 is 11.8 Å². The number of likely N-dealkylation sites (tertiary alicyclic amines) is 1. The number of aromatic nitrogens is 1. The first kappa shape index (κ1) is 17.9. The Hall–Kier alpha value is -2.44. The van der Waals surface area contributed by atoms with Crippen LogP contribution in [0.5, 0.6) is 0 Å². The van der Waals surface area contributed by atoms with Gasteiger partial charge in [-0.2, -0.15) is 0 Å². The minimum atomic E-state index is -0.430. The lowest BCUT2D eigenvalue weighted by atomic mass is 9.84. The van der Waals surface area contributed by atoms with E-state index in [-0.39, 0.29) is 11.5 Å². The van der Waals surface area contributed by atoms with Crippen LogP contribution in [0.2, 0.25) is 0 Å². The summed E-state index contributed by atoms with van der Waals surface area (Å²) in [6.45, 7) is 4.00. The fraction of sp³-hybridized carbons (Fsp3) is 0.429. The summed E-state index contributed by atoms with van der Waals surface area (Å²) in [5, 5.41) is 10.8. The van der Waals surface area contributed by atoms with Crippen molar-refractivity contribution in [2.45, 2.75) is 19.1 Å². The molecular weight excluding hydrogens is 342 g/mol. The number of hydrogen-bond acceptors (Lipinski definition) is 6. The van der Waals surface area contributed by atoms with Gasteiger partial charge in [-0.25, -0.2) is 9.78 Å². The molecule has 2 aliphatic heterocycles. The van der Waals surface area contributed by atoms with Crippen LogP contribution in [0.4, 0.5) is 5.82 Å². The zero-order valence-electron chi connectivity index (χ0n) is 15.5. The number of nitrogens with zero attached hydrogens (tertiary/aromatic N) is 3. The highest BCUT2D eigenvalue weighted by molar-refractivity contribution is 5.87. The molecule has 0 bridgehead atoms. The van der Waals surface area contributed by atoms with Crippen molar-refractivity contribution in [2.24, 2.45) is 5.41 Å². The maximum Gasteiger partial charge on any atom is 0.356 e. The molecule has 2 saturated heterocycles. The smallest absolute Gasteiger partial charge is 0.356 e. The minimum absolute atomic E-state index is 0.141. The molecule has 1 aromatic heterocycles. The number of ether oxygens (including phenoxy) is 1. The Morgan fingerprint density at radius 3 is 2.81 bits per heavy atom. The van der Waals surface area contributed by atoms with E-state index >= 15 is 0 Å². The summed E-state index contributed by atoms with van der Waals surface area (Å²) in [5.74, 6) is 0.337. The number of aliphatic hydroxyl groups excluding tert-OH is 1. The van der Waals surface area contributed by atoms with Gasteiger partial charge in [-0.05, 0) is 24.1 Å². The van der Waals surface area contributed by atoms with Crippen LogP contribution in [0.25, 0.3) is 0 Å². The van der Waals surface area contributed by atoms with E-state index in [1.165, 1.54) is 12.7 Å². The van der Waals surface area contributed by atoms with Crippen molar-refractivity contribution in [3.8, 4) is 0 Å². The van der Waals surface area contributed by atoms with Crippen molar-refractivity contribution in [1.82, 2.24) is 9.88 Å². The molecule has 27 heavy (non-hydrogen) atoms. The Labute approximate surface area is 159 Å². The van der Waals surface area contributed by atoms with Gasteiger partial charge in [0.15, 0.2) is 5.69 Å². The van der Waals surface area contributed by atoms with Crippen LogP contribution in [0.1, 0.15) is 22.5 Å². The van der Waals surface area contributed by atoms with E-state index in [0.29, 0.717) is 12.2 Å². The molecule has 2 fully saturated rings. The number of esters is 1. The van der Waals surface area contributed by atoms with Crippen LogP contribution in [-0.2, 0) is 11.3 Å². The van der Waals surface area contributed by atoms with Crippen LogP contribution < -0.4 is 4.90 Å². The maximum atomic E-state index is 11.7. The maximum absolute atomic E-state index is 11.7. The van der Waals surface area contributed by atoms with Crippen molar-refractivity contribution < 1.29 is 14.6 Å². The first-order chi connectivity index (χ1) is 13.1. The summed E-state index contributed by atoms with van der Waals surface area (Å²) in [6.07, 6.45) is 0.568. The lowest BCUT2D eigenvalue weighted by Crippen LogP contribution is -2.37. The second-order valence-electron chi connectivity index (χ2n) is 7.58. The van der Waals surface area contributed by atoms with E-state index in [1.807, 2.05) is 18.2 Å². The molecule has 2 atom stereocenters. The van der Waals surface area contributed by atoms with Gasteiger partial charge in [0.1, 0.15) is 5.82 Å². The summed E-state index contributed by atoms with van der Waals surface area (Å²) >= 11 is 0. The fourth-order valence-corrected chi connectivity index (χ4v) is 4.33. The molecule has 2 aromatic rings. The predicted molar refractivity (Wildman–Crippen MR) is 103 cm³/mol. The van der Waals surface area contributed by atoms with Crippen molar-refractivity contribution in [1.29, 1.82) is 0 Å². The van der Waals surface area contributed by atoms with Gasteiger partial charge in [0.25, 0.3) is 0 Å². The summed E-state index contributed by atoms with van der Waals surface area (Å²) < 4.78 is 4.77. The van der Waals surface area contributed by atoms with Gasteiger partial charge in [0.05, 0.1) is 13.2 Å². The zero-order valence-corrected chi connectivity index (χ0v) is 15.5. The molecule has 2 unspecified atom stereocenters. The van der Waals surface area contributed by atoms with Gasteiger partial charge in [-0.3, -0.25) is 4.90 Å². The monoisotopic (exact) mass is 367 g/mol. The largest absolute Gasteiger partial charge is 0.464 e. The number of hydrogen-bond donors (Lipinski definition) is 1. The standard InChI is InChI=1S/C21H25N3O3/c1-27-20(26)17-8-5-9-19(22-17)24-11-10-21(15-24)14-23(13-18(21)25)12-16-6-3-2-4-7-16/h2-9,18,25H,10-15H2,1H3. The number of anilines is 1. The molecule has 0 radical (unpaired) electrons. The topological polar surface area (TPSA) is 65.9 Å². The highest BCUT2D eigenvalue weighted by Gasteiger charge is 2.50. The number of β-amino-alcohol motifs (C(OH)–C–C–N with tert-alkyl or cyclic N) is 1. The molecule has 1 N–H and O–H groups in total. The molecule has 2 aliphatic rings. The second-order valence-corrected chi connectivity index (χ2v) is 7.58. The first-order valence-electron chi connectivity index (χ1n) is 9.34. The average molecular weight is 367 g/mol. The van der Waals surface area contributed by atoms with Crippen LogP contribution in [0, 0.1) is 5.41 Å². The van der Waals surface area contributed by atoms with Gasteiger partial charge in [0, 0.05) is 38.1 Å². The number of carbonyl (C=O) groups excluding carboxylic acids is 1. The molecule has 4 rings (SSSR count). The van der Waals surface area contributed by atoms with E-state index in [0.717, 1.165) is 38.4 Å². The number of methoxy groups -OCH3 is 1.